The fourth-order valence-corrected chi connectivity index (χ4v) is 4.60. The Morgan fingerprint density at radius 1 is 1.00 bits per heavy atom. The van der Waals surface area contributed by atoms with E-state index in [2.05, 4.69) is 16.1 Å². The number of anilines is 1. The molecule has 5 heteroatoms. The number of nitrogens with one attached hydrogen (secondary N) is 2. The highest BCUT2D eigenvalue weighted by molar-refractivity contribution is 8.00. The summed E-state index contributed by atoms with van der Waals surface area (Å²) in [6, 6.07) is 12.2. The topological polar surface area (TPSA) is 64.9 Å². The van der Waals surface area contributed by atoms with Crippen molar-refractivity contribution in [2.24, 2.45) is 0 Å². The zero-order valence-electron chi connectivity index (χ0n) is 15.0. The molecular weight excluding hydrogens is 354 g/mol. The number of carbonyl (C=O) groups is 1. The van der Waals surface area contributed by atoms with Gasteiger partial charge in [-0.15, -0.1) is 0 Å². The van der Waals surface area contributed by atoms with Gasteiger partial charge in [0, 0.05) is 5.69 Å². The molecule has 2 aromatic rings. The Bertz CT molecular complexity index is 909. The van der Waals surface area contributed by atoms with Crippen molar-refractivity contribution in [2.75, 3.05) is 5.32 Å². The fraction of sp³-hybridized carbons (Fsp3) is 0.273. The highest BCUT2D eigenvalue weighted by Gasteiger charge is 2.29. The van der Waals surface area contributed by atoms with Gasteiger partial charge >= 0.3 is 6.03 Å². The lowest BCUT2D eigenvalue weighted by Crippen LogP contribution is -2.24. The van der Waals surface area contributed by atoms with Crippen LogP contribution >= 0.6 is 11.9 Å². The van der Waals surface area contributed by atoms with Gasteiger partial charge in [0.15, 0.2) is 0 Å². The predicted octanol–water partition coefficient (Wildman–Crippen LogP) is 4.98. The van der Waals surface area contributed by atoms with Crippen LogP contribution in [-0.2, 0) is 25.7 Å². The normalized spacial score (nSPS) is 14.6. The molecule has 2 N–H and O–H groups in total. The number of nitriles is 1. The summed E-state index contributed by atoms with van der Waals surface area (Å²) < 4.78 is 2.83. The van der Waals surface area contributed by atoms with Gasteiger partial charge in [0.25, 0.3) is 0 Å². The van der Waals surface area contributed by atoms with Crippen molar-refractivity contribution in [3.63, 3.8) is 0 Å². The van der Waals surface area contributed by atoms with E-state index in [9.17, 15) is 10.1 Å². The van der Waals surface area contributed by atoms with Gasteiger partial charge in [-0.1, -0.05) is 30.3 Å². The number of fused-ring (bicyclic) bond motifs is 2. The van der Waals surface area contributed by atoms with Crippen LogP contribution in [0.1, 0.15) is 46.2 Å². The molecule has 0 saturated carbocycles. The molecule has 2 aliphatic rings. The molecule has 2 amide bonds. The summed E-state index contributed by atoms with van der Waals surface area (Å²) in [5.41, 5.74) is 7.59. The van der Waals surface area contributed by atoms with Gasteiger partial charge in [0.05, 0.1) is 11.6 Å². The smallest absolute Gasteiger partial charge is 0.307 e. The van der Waals surface area contributed by atoms with E-state index in [1.54, 1.807) is 0 Å². The molecule has 0 fully saturated rings. The standard InChI is InChI=1S/C22H21N3OS/c23-14-20-16-8-4-10-18(16)21(19-11-5-9-17(19)20)24-22(26)25-27-13-12-15-6-2-1-3-7-15/h1-3,6-7,12-13H,4-5,8-11H2,(H2,24,25,26)/b13-12+. The maximum Gasteiger partial charge on any atom is 0.329 e. The average Bonchev–Trinajstić information content (AvgIpc) is 3.36. The predicted molar refractivity (Wildman–Crippen MR) is 110 cm³/mol. The monoisotopic (exact) mass is 375 g/mol. The average molecular weight is 375 g/mol. The van der Waals surface area contributed by atoms with Crippen LogP contribution in [0.5, 0.6) is 0 Å². The fourth-order valence-electron chi connectivity index (χ4n) is 4.14. The molecule has 0 atom stereocenters. The van der Waals surface area contributed by atoms with E-state index < -0.39 is 0 Å². The lowest BCUT2D eigenvalue weighted by molar-refractivity contribution is 0.257. The van der Waals surface area contributed by atoms with Gasteiger partial charge in [0.1, 0.15) is 0 Å². The van der Waals surface area contributed by atoms with E-state index in [1.807, 2.05) is 41.8 Å². The Morgan fingerprint density at radius 2 is 1.63 bits per heavy atom. The molecule has 0 spiro atoms. The van der Waals surface area contributed by atoms with E-state index >= 15 is 0 Å². The van der Waals surface area contributed by atoms with E-state index in [-0.39, 0.29) is 6.03 Å². The Labute approximate surface area is 163 Å². The quantitative estimate of drug-likeness (QED) is 0.741. The summed E-state index contributed by atoms with van der Waals surface area (Å²) in [6.07, 6.45) is 7.83. The second kappa shape index (κ2) is 7.89. The van der Waals surface area contributed by atoms with Crippen molar-refractivity contribution in [3.05, 3.63) is 69.1 Å². The van der Waals surface area contributed by atoms with E-state index in [0.29, 0.717) is 0 Å². The van der Waals surface area contributed by atoms with Gasteiger partial charge in [-0.3, -0.25) is 4.72 Å². The molecule has 4 nitrogen and oxygen atoms in total. The summed E-state index contributed by atoms with van der Waals surface area (Å²) in [5, 5.41) is 14.6. The highest BCUT2D eigenvalue weighted by atomic mass is 32.2. The van der Waals surface area contributed by atoms with Crippen LogP contribution < -0.4 is 10.0 Å². The van der Waals surface area contributed by atoms with Crippen molar-refractivity contribution in [3.8, 4) is 6.07 Å². The van der Waals surface area contributed by atoms with E-state index in [1.165, 1.54) is 23.1 Å². The van der Waals surface area contributed by atoms with E-state index in [4.69, 9.17) is 0 Å². The largest absolute Gasteiger partial charge is 0.329 e. The second-order valence-corrected chi connectivity index (χ2v) is 7.58. The Kier molecular flexibility index (Phi) is 5.17. The number of urea groups is 1. The number of rotatable bonds is 4. The molecule has 0 radical (unpaired) electrons. The number of amides is 2. The summed E-state index contributed by atoms with van der Waals surface area (Å²) in [5.74, 6) is 0. The first-order chi connectivity index (χ1) is 13.3. The minimum atomic E-state index is -0.217. The zero-order chi connectivity index (χ0) is 18.6. The molecule has 4 rings (SSSR count). The lowest BCUT2D eigenvalue weighted by atomic mass is 9.93. The molecule has 0 saturated heterocycles. The van der Waals surface area contributed by atoms with Gasteiger partial charge in [-0.05, 0) is 89.8 Å². The summed E-state index contributed by atoms with van der Waals surface area (Å²) in [6.45, 7) is 0. The third-order valence-corrected chi connectivity index (χ3v) is 5.85. The summed E-state index contributed by atoms with van der Waals surface area (Å²) in [7, 11) is 0. The Balaban J connectivity index is 1.48. The third-order valence-electron chi connectivity index (χ3n) is 5.27. The minimum absolute atomic E-state index is 0.217. The molecular formula is C22H21N3OS. The Hall–Kier alpha value is -2.71. The van der Waals surface area contributed by atoms with Crippen LogP contribution in [0, 0.1) is 11.3 Å². The maximum atomic E-state index is 12.4. The van der Waals surface area contributed by atoms with Crippen molar-refractivity contribution in [1.29, 1.82) is 5.26 Å². The summed E-state index contributed by atoms with van der Waals surface area (Å²) >= 11 is 1.25. The lowest BCUT2D eigenvalue weighted by Gasteiger charge is -2.17. The molecule has 0 bridgehead atoms. The molecule has 0 unspecified atom stereocenters. The Morgan fingerprint density at radius 3 is 2.26 bits per heavy atom. The van der Waals surface area contributed by atoms with Gasteiger partial charge < -0.3 is 5.32 Å². The molecule has 27 heavy (non-hydrogen) atoms. The van der Waals surface area contributed by atoms with Crippen LogP contribution in [0.3, 0.4) is 0 Å². The van der Waals surface area contributed by atoms with Crippen LogP contribution in [0.15, 0.2) is 35.7 Å². The number of carbonyl (C=O) groups excluding carboxylic acids is 1. The van der Waals surface area contributed by atoms with Crippen LogP contribution in [-0.4, -0.2) is 6.03 Å². The second-order valence-electron chi connectivity index (χ2n) is 6.87. The maximum absolute atomic E-state index is 12.4. The molecule has 0 heterocycles. The number of hydrogen-bond acceptors (Lipinski definition) is 3. The van der Waals surface area contributed by atoms with Crippen molar-refractivity contribution in [1.82, 2.24) is 4.72 Å². The third kappa shape index (κ3) is 3.58. The molecule has 0 aromatic heterocycles. The first-order valence-corrected chi connectivity index (χ1v) is 10.2. The molecule has 0 aliphatic heterocycles. The molecule has 136 valence electrons. The first-order valence-electron chi connectivity index (χ1n) is 9.31. The van der Waals surface area contributed by atoms with Crippen molar-refractivity contribution < 1.29 is 4.79 Å². The summed E-state index contributed by atoms with van der Waals surface area (Å²) in [4.78, 5) is 12.4. The van der Waals surface area contributed by atoms with Crippen LogP contribution in [0.4, 0.5) is 10.5 Å². The number of benzene rings is 2. The molecule has 2 aromatic carbocycles. The number of nitrogens with zero attached hydrogens (tertiary/aromatic N) is 1. The van der Waals surface area contributed by atoms with Gasteiger partial charge in [0.2, 0.25) is 0 Å². The molecule has 2 aliphatic carbocycles. The van der Waals surface area contributed by atoms with E-state index in [0.717, 1.165) is 66.5 Å². The SMILES string of the molecule is N#Cc1c2c(c(NC(=O)NS/C=C/c3ccccc3)c3c1CCC3)CCC2. The van der Waals surface area contributed by atoms with Crippen molar-refractivity contribution >= 4 is 29.7 Å². The minimum Gasteiger partial charge on any atom is -0.307 e. The first kappa shape index (κ1) is 17.7. The van der Waals surface area contributed by atoms with Gasteiger partial charge in [-0.2, -0.15) is 5.26 Å². The zero-order valence-corrected chi connectivity index (χ0v) is 15.9. The van der Waals surface area contributed by atoms with Crippen LogP contribution in [0.2, 0.25) is 0 Å². The van der Waals surface area contributed by atoms with Gasteiger partial charge in [-0.25, -0.2) is 4.79 Å². The van der Waals surface area contributed by atoms with Crippen LogP contribution in [0.25, 0.3) is 6.08 Å². The highest BCUT2D eigenvalue weighted by Crippen LogP contribution is 2.41. The van der Waals surface area contributed by atoms with Crippen molar-refractivity contribution in [2.45, 2.75) is 38.5 Å². The number of hydrogen-bond donors (Lipinski definition) is 2.